The molecule has 0 spiro atoms. The van der Waals surface area contributed by atoms with Gasteiger partial charge in [0.15, 0.2) is 0 Å². The van der Waals surface area contributed by atoms with E-state index >= 15 is 0 Å². The molecule has 0 heterocycles. The van der Waals surface area contributed by atoms with Gasteiger partial charge in [-0.25, -0.2) is 0 Å². The SMILES string of the molecule is CCC(CC)N(CCO)CC(=O)NC(C)(C#N)C(C)C. The van der Waals surface area contributed by atoms with Crippen molar-refractivity contribution in [3.05, 3.63) is 0 Å². The molecule has 0 rings (SSSR count). The van der Waals surface area contributed by atoms with E-state index in [0.717, 1.165) is 12.8 Å². The molecule has 5 nitrogen and oxygen atoms in total. The lowest BCUT2D eigenvalue weighted by molar-refractivity contribution is -0.124. The molecule has 0 saturated carbocycles. The molecular weight excluding hydrogens is 254 g/mol. The molecule has 0 aliphatic rings. The van der Waals surface area contributed by atoms with Gasteiger partial charge in [0.2, 0.25) is 5.91 Å². The largest absolute Gasteiger partial charge is 0.395 e. The Hall–Kier alpha value is -1.12. The molecule has 0 aliphatic carbocycles. The second-order valence-corrected chi connectivity index (χ2v) is 5.68. The van der Waals surface area contributed by atoms with E-state index in [1.165, 1.54) is 0 Å². The number of aliphatic hydroxyl groups excluding tert-OH is 1. The lowest BCUT2D eigenvalue weighted by Crippen LogP contribution is -2.53. The van der Waals surface area contributed by atoms with E-state index in [1.54, 1.807) is 6.92 Å². The second-order valence-electron chi connectivity index (χ2n) is 5.68. The molecule has 1 amide bonds. The minimum atomic E-state index is -0.851. The minimum Gasteiger partial charge on any atom is -0.395 e. The van der Waals surface area contributed by atoms with Gasteiger partial charge in [0, 0.05) is 12.6 Å². The Labute approximate surface area is 123 Å². The lowest BCUT2D eigenvalue weighted by atomic mass is 9.90. The Morgan fingerprint density at radius 2 is 1.95 bits per heavy atom. The summed E-state index contributed by atoms with van der Waals surface area (Å²) in [7, 11) is 0. The van der Waals surface area contributed by atoms with Crippen LogP contribution < -0.4 is 5.32 Å². The maximum atomic E-state index is 12.2. The average molecular weight is 283 g/mol. The zero-order valence-corrected chi connectivity index (χ0v) is 13.4. The smallest absolute Gasteiger partial charge is 0.235 e. The molecule has 0 saturated heterocycles. The fourth-order valence-electron chi connectivity index (χ4n) is 2.14. The summed E-state index contributed by atoms with van der Waals surface area (Å²) in [6.07, 6.45) is 1.87. The van der Waals surface area contributed by atoms with Gasteiger partial charge >= 0.3 is 0 Å². The zero-order valence-electron chi connectivity index (χ0n) is 13.4. The van der Waals surface area contributed by atoms with Crippen LogP contribution in [0, 0.1) is 17.2 Å². The number of amides is 1. The summed E-state index contributed by atoms with van der Waals surface area (Å²) in [5, 5.41) is 21.2. The van der Waals surface area contributed by atoms with Crippen LogP contribution in [0.3, 0.4) is 0 Å². The average Bonchev–Trinajstić information content (AvgIpc) is 2.39. The highest BCUT2D eigenvalue weighted by Gasteiger charge is 2.30. The van der Waals surface area contributed by atoms with Crippen LogP contribution in [0.15, 0.2) is 0 Å². The van der Waals surface area contributed by atoms with Gasteiger partial charge in [-0.15, -0.1) is 0 Å². The van der Waals surface area contributed by atoms with Crippen LogP contribution in [0.1, 0.15) is 47.5 Å². The van der Waals surface area contributed by atoms with Gasteiger partial charge in [-0.2, -0.15) is 5.26 Å². The van der Waals surface area contributed by atoms with Crippen molar-refractivity contribution in [3.8, 4) is 6.07 Å². The first-order chi connectivity index (χ1) is 9.34. The number of carbonyl (C=O) groups is 1. The lowest BCUT2D eigenvalue weighted by Gasteiger charge is -2.32. The molecule has 0 aliphatic heterocycles. The number of hydrogen-bond donors (Lipinski definition) is 2. The predicted octanol–water partition coefficient (Wildman–Crippen LogP) is 1.52. The molecular formula is C15H29N3O2. The third-order valence-electron chi connectivity index (χ3n) is 3.98. The van der Waals surface area contributed by atoms with Gasteiger partial charge in [0.25, 0.3) is 0 Å². The molecule has 2 N–H and O–H groups in total. The van der Waals surface area contributed by atoms with E-state index in [9.17, 15) is 10.1 Å². The molecule has 0 bridgehead atoms. The topological polar surface area (TPSA) is 76.4 Å². The van der Waals surface area contributed by atoms with Crippen molar-refractivity contribution in [2.24, 2.45) is 5.92 Å². The highest BCUT2D eigenvalue weighted by Crippen LogP contribution is 2.15. The van der Waals surface area contributed by atoms with E-state index in [0.29, 0.717) is 6.54 Å². The van der Waals surface area contributed by atoms with Crippen molar-refractivity contribution < 1.29 is 9.90 Å². The van der Waals surface area contributed by atoms with Crippen molar-refractivity contribution in [2.45, 2.75) is 59.0 Å². The highest BCUT2D eigenvalue weighted by atomic mass is 16.3. The first-order valence-electron chi connectivity index (χ1n) is 7.41. The van der Waals surface area contributed by atoms with Crippen molar-refractivity contribution in [3.63, 3.8) is 0 Å². The van der Waals surface area contributed by atoms with Crippen LogP contribution >= 0.6 is 0 Å². The molecule has 0 fully saturated rings. The van der Waals surface area contributed by atoms with Gasteiger partial charge in [-0.1, -0.05) is 27.7 Å². The van der Waals surface area contributed by atoms with E-state index in [1.807, 2.05) is 18.7 Å². The summed E-state index contributed by atoms with van der Waals surface area (Å²) in [6.45, 7) is 10.4. The predicted molar refractivity (Wildman–Crippen MR) is 80.0 cm³/mol. The molecule has 116 valence electrons. The van der Waals surface area contributed by atoms with Crippen LogP contribution in [0.2, 0.25) is 0 Å². The molecule has 0 aromatic rings. The summed E-state index contributed by atoms with van der Waals surface area (Å²) in [6, 6.07) is 2.45. The van der Waals surface area contributed by atoms with Crippen molar-refractivity contribution in [2.75, 3.05) is 19.7 Å². The zero-order chi connectivity index (χ0) is 15.8. The number of nitrogens with one attached hydrogen (secondary N) is 1. The molecule has 20 heavy (non-hydrogen) atoms. The van der Waals surface area contributed by atoms with Gasteiger partial charge in [-0.3, -0.25) is 9.69 Å². The Kier molecular flexibility index (Phi) is 8.43. The summed E-state index contributed by atoms with van der Waals surface area (Å²) >= 11 is 0. The third-order valence-corrected chi connectivity index (χ3v) is 3.98. The van der Waals surface area contributed by atoms with E-state index in [4.69, 9.17) is 5.11 Å². The van der Waals surface area contributed by atoms with E-state index in [-0.39, 0.29) is 31.0 Å². The summed E-state index contributed by atoms with van der Waals surface area (Å²) in [4.78, 5) is 14.1. The molecule has 5 heteroatoms. The maximum absolute atomic E-state index is 12.2. The Bertz CT molecular complexity index is 335. The Balaban J connectivity index is 4.73. The molecule has 1 unspecified atom stereocenters. The van der Waals surface area contributed by atoms with E-state index < -0.39 is 5.54 Å². The van der Waals surface area contributed by atoms with Crippen molar-refractivity contribution in [1.29, 1.82) is 5.26 Å². The Morgan fingerprint density at radius 3 is 2.30 bits per heavy atom. The van der Waals surface area contributed by atoms with Gasteiger partial charge in [0.05, 0.1) is 19.2 Å². The van der Waals surface area contributed by atoms with E-state index in [2.05, 4.69) is 25.2 Å². The number of nitrogens with zero attached hydrogens (tertiary/aromatic N) is 2. The minimum absolute atomic E-state index is 0.0312. The summed E-state index contributed by atoms with van der Waals surface area (Å²) in [5.74, 6) is -0.126. The molecule has 1 atom stereocenters. The van der Waals surface area contributed by atoms with Crippen LogP contribution in [-0.2, 0) is 4.79 Å². The van der Waals surface area contributed by atoms with Crippen molar-refractivity contribution in [1.82, 2.24) is 10.2 Å². The van der Waals surface area contributed by atoms with Crippen molar-refractivity contribution >= 4 is 5.91 Å². The number of carbonyl (C=O) groups excluding carboxylic acids is 1. The fourth-order valence-corrected chi connectivity index (χ4v) is 2.14. The third kappa shape index (κ3) is 5.48. The van der Waals surface area contributed by atoms with Gasteiger partial charge in [-0.05, 0) is 25.7 Å². The van der Waals surface area contributed by atoms with Gasteiger partial charge < -0.3 is 10.4 Å². The quantitative estimate of drug-likeness (QED) is 0.673. The van der Waals surface area contributed by atoms with Crippen LogP contribution in [0.25, 0.3) is 0 Å². The first-order valence-corrected chi connectivity index (χ1v) is 7.41. The summed E-state index contributed by atoms with van der Waals surface area (Å²) < 4.78 is 0. The monoisotopic (exact) mass is 283 g/mol. The highest BCUT2D eigenvalue weighted by molar-refractivity contribution is 5.79. The van der Waals surface area contributed by atoms with Gasteiger partial charge in [0.1, 0.15) is 5.54 Å². The number of rotatable bonds is 9. The normalized spacial score (nSPS) is 14.4. The second kappa shape index (κ2) is 8.93. The summed E-state index contributed by atoms with van der Waals surface area (Å²) in [5.41, 5.74) is -0.851. The Morgan fingerprint density at radius 1 is 1.40 bits per heavy atom. The number of hydrogen-bond acceptors (Lipinski definition) is 4. The number of nitriles is 1. The molecule has 0 aromatic heterocycles. The van der Waals surface area contributed by atoms with Crippen LogP contribution in [0.4, 0.5) is 0 Å². The number of aliphatic hydroxyl groups is 1. The maximum Gasteiger partial charge on any atom is 0.235 e. The standard InChI is InChI=1S/C15H29N3O2/c1-6-13(7-2)18(8-9-19)10-14(20)17-15(5,11-16)12(3)4/h12-13,19H,6-10H2,1-5H3,(H,17,20). The van der Waals surface area contributed by atoms with Crippen LogP contribution in [0.5, 0.6) is 0 Å². The fraction of sp³-hybridized carbons (Fsp3) is 0.867. The molecule has 0 aromatic carbocycles. The first kappa shape index (κ1) is 18.9. The molecule has 0 radical (unpaired) electrons. The van der Waals surface area contributed by atoms with Crippen LogP contribution in [-0.4, -0.2) is 47.2 Å².